The molecule has 0 fully saturated rings. The third-order valence-electron chi connectivity index (χ3n) is 2.44. The number of halogens is 1. The second-order valence-electron chi connectivity index (χ2n) is 3.70. The molecule has 4 heteroatoms. The van der Waals surface area contributed by atoms with Gasteiger partial charge in [0.25, 0.3) is 0 Å². The van der Waals surface area contributed by atoms with E-state index in [-0.39, 0.29) is 0 Å². The molecule has 0 bridgehead atoms. The summed E-state index contributed by atoms with van der Waals surface area (Å²) in [5, 5.41) is 2.09. The van der Waals surface area contributed by atoms with Gasteiger partial charge in [-0.05, 0) is 39.0 Å². The highest BCUT2D eigenvalue weighted by atomic mass is 79.9. The van der Waals surface area contributed by atoms with Crippen molar-refractivity contribution in [2.24, 2.45) is 0 Å². The Bertz CT molecular complexity index is 470. The van der Waals surface area contributed by atoms with Crippen LogP contribution in [0.5, 0.6) is 0 Å². The lowest BCUT2D eigenvalue weighted by Crippen LogP contribution is -1.99. The van der Waals surface area contributed by atoms with Crippen LogP contribution in [0.3, 0.4) is 0 Å². The van der Waals surface area contributed by atoms with Crippen molar-refractivity contribution in [1.82, 2.24) is 0 Å². The molecule has 0 unspecified atom stereocenters. The van der Waals surface area contributed by atoms with Gasteiger partial charge < -0.3 is 10.5 Å². The standard InChI is InChI=1S/C13H14BrNOS/c14-13-10(3-1-5-12(13)15)9-16-7-6-11-4-2-8-17-11/h1-5,8H,6-7,9,15H2. The van der Waals surface area contributed by atoms with Gasteiger partial charge in [0.2, 0.25) is 0 Å². The smallest absolute Gasteiger partial charge is 0.0728 e. The van der Waals surface area contributed by atoms with Crippen LogP contribution in [0.1, 0.15) is 10.4 Å². The quantitative estimate of drug-likeness (QED) is 0.672. The third kappa shape index (κ3) is 3.56. The minimum absolute atomic E-state index is 0.594. The van der Waals surface area contributed by atoms with E-state index in [4.69, 9.17) is 10.5 Å². The topological polar surface area (TPSA) is 35.2 Å². The van der Waals surface area contributed by atoms with Crippen molar-refractivity contribution < 1.29 is 4.74 Å². The van der Waals surface area contributed by atoms with Crippen LogP contribution in [0.25, 0.3) is 0 Å². The summed E-state index contributed by atoms with van der Waals surface area (Å²) in [4.78, 5) is 1.36. The Hall–Kier alpha value is -0.840. The molecule has 2 aromatic rings. The van der Waals surface area contributed by atoms with Crippen molar-refractivity contribution in [2.45, 2.75) is 13.0 Å². The van der Waals surface area contributed by atoms with E-state index in [1.807, 2.05) is 18.2 Å². The molecule has 0 aliphatic heterocycles. The summed E-state index contributed by atoms with van der Waals surface area (Å²) in [5.41, 5.74) is 7.65. The van der Waals surface area contributed by atoms with Gasteiger partial charge in [-0.2, -0.15) is 0 Å². The number of hydrogen-bond donors (Lipinski definition) is 1. The van der Waals surface area contributed by atoms with E-state index in [0.29, 0.717) is 6.61 Å². The van der Waals surface area contributed by atoms with E-state index >= 15 is 0 Å². The number of nitrogens with two attached hydrogens (primary N) is 1. The van der Waals surface area contributed by atoms with E-state index < -0.39 is 0 Å². The third-order valence-corrected chi connectivity index (χ3v) is 4.34. The first-order valence-electron chi connectivity index (χ1n) is 5.40. The number of rotatable bonds is 5. The van der Waals surface area contributed by atoms with Gasteiger partial charge in [-0.1, -0.05) is 18.2 Å². The van der Waals surface area contributed by atoms with Crippen LogP contribution in [-0.2, 0) is 17.8 Å². The van der Waals surface area contributed by atoms with Gasteiger partial charge >= 0.3 is 0 Å². The molecule has 0 aliphatic carbocycles. The molecule has 0 saturated carbocycles. The van der Waals surface area contributed by atoms with Crippen LogP contribution >= 0.6 is 27.3 Å². The van der Waals surface area contributed by atoms with E-state index in [1.165, 1.54) is 4.88 Å². The fraction of sp³-hybridized carbons (Fsp3) is 0.231. The van der Waals surface area contributed by atoms with Crippen molar-refractivity contribution in [2.75, 3.05) is 12.3 Å². The fourth-order valence-corrected chi connectivity index (χ4v) is 2.59. The Kier molecular flexibility index (Phi) is 4.59. The van der Waals surface area contributed by atoms with Crippen molar-refractivity contribution in [3.8, 4) is 0 Å². The molecular weight excluding hydrogens is 298 g/mol. The molecule has 90 valence electrons. The van der Waals surface area contributed by atoms with Crippen LogP contribution in [0, 0.1) is 0 Å². The predicted octanol–water partition coefficient (Wildman–Crippen LogP) is 3.85. The van der Waals surface area contributed by atoms with Gasteiger partial charge in [0, 0.05) is 21.5 Å². The van der Waals surface area contributed by atoms with Crippen LogP contribution < -0.4 is 5.73 Å². The molecule has 0 atom stereocenters. The predicted molar refractivity (Wildman–Crippen MR) is 76.2 cm³/mol. The van der Waals surface area contributed by atoms with Crippen LogP contribution in [0.2, 0.25) is 0 Å². The lowest BCUT2D eigenvalue weighted by molar-refractivity contribution is 0.124. The first-order chi connectivity index (χ1) is 8.27. The number of thiophene rings is 1. The maximum atomic E-state index is 5.80. The maximum Gasteiger partial charge on any atom is 0.0728 e. The molecular formula is C13H14BrNOS. The van der Waals surface area contributed by atoms with Crippen LogP contribution in [0.4, 0.5) is 5.69 Å². The summed E-state index contributed by atoms with van der Waals surface area (Å²) >= 11 is 5.23. The SMILES string of the molecule is Nc1cccc(COCCc2cccs2)c1Br. The summed E-state index contributed by atoms with van der Waals surface area (Å²) in [7, 11) is 0. The second kappa shape index (κ2) is 6.19. The van der Waals surface area contributed by atoms with E-state index in [1.54, 1.807) is 11.3 Å². The first kappa shape index (κ1) is 12.6. The zero-order valence-corrected chi connectivity index (χ0v) is 11.8. The summed E-state index contributed by atoms with van der Waals surface area (Å²) in [6.45, 7) is 1.33. The Morgan fingerprint density at radius 3 is 2.88 bits per heavy atom. The summed E-state index contributed by atoms with van der Waals surface area (Å²) < 4.78 is 6.59. The summed E-state index contributed by atoms with van der Waals surface area (Å²) in [6, 6.07) is 10.0. The molecule has 0 spiro atoms. The molecule has 2 nitrogen and oxygen atoms in total. The molecule has 0 saturated heterocycles. The second-order valence-corrected chi connectivity index (χ2v) is 5.53. The normalized spacial score (nSPS) is 10.6. The molecule has 17 heavy (non-hydrogen) atoms. The molecule has 1 aromatic heterocycles. The Morgan fingerprint density at radius 1 is 1.24 bits per heavy atom. The van der Waals surface area contributed by atoms with Gasteiger partial charge in [-0.3, -0.25) is 0 Å². The Labute approximate surface area is 114 Å². The number of ether oxygens (including phenoxy) is 1. The van der Waals surface area contributed by atoms with Crippen molar-refractivity contribution in [3.05, 3.63) is 50.6 Å². The highest BCUT2D eigenvalue weighted by Crippen LogP contribution is 2.24. The van der Waals surface area contributed by atoms with Crippen molar-refractivity contribution in [1.29, 1.82) is 0 Å². The lowest BCUT2D eigenvalue weighted by atomic mass is 10.2. The largest absolute Gasteiger partial charge is 0.398 e. The number of nitrogen functional groups attached to an aromatic ring is 1. The maximum absolute atomic E-state index is 5.80. The molecule has 0 amide bonds. The first-order valence-corrected chi connectivity index (χ1v) is 7.07. The minimum atomic E-state index is 0.594. The lowest BCUT2D eigenvalue weighted by Gasteiger charge is -2.07. The summed E-state index contributed by atoms with van der Waals surface area (Å²) in [6.07, 6.45) is 0.970. The van der Waals surface area contributed by atoms with Gasteiger partial charge in [-0.15, -0.1) is 11.3 Å². The van der Waals surface area contributed by atoms with E-state index in [0.717, 1.165) is 28.8 Å². The van der Waals surface area contributed by atoms with Gasteiger partial charge in [0.1, 0.15) is 0 Å². The fourth-order valence-electron chi connectivity index (χ4n) is 1.52. The zero-order chi connectivity index (χ0) is 12.1. The highest BCUT2D eigenvalue weighted by Gasteiger charge is 2.03. The van der Waals surface area contributed by atoms with Crippen LogP contribution in [0.15, 0.2) is 40.2 Å². The minimum Gasteiger partial charge on any atom is -0.398 e. The highest BCUT2D eigenvalue weighted by molar-refractivity contribution is 9.10. The zero-order valence-electron chi connectivity index (χ0n) is 9.36. The number of benzene rings is 1. The Morgan fingerprint density at radius 2 is 2.12 bits per heavy atom. The number of anilines is 1. The number of hydrogen-bond acceptors (Lipinski definition) is 3. The Balaban J connectivity index is 1.80. The van der Waals surface area contributed by atoms with Gasteiger partial charge in [0.15, 0.2) is 0 Å². The monoisotopic (exact) mass is 311 g/mol. The molecule has 0 radical (unpaired) electrons. The van der Waals surface area contributed by atoms with Crippen molar-refractivity contribution >= 4 is 33.0 Å². The summed E-state index contributed by atoms with van der Waals surface area (Å²) in [5.74, 6) is 0. The van der Waals surface area contributed by atoms with Gasteiger partial charge in [-0.25, -0.2) is 0 Å². The van der Waals surface area contributed by atoms with E-state index in [2.05, 4.69) is 33.4 Å². The molecule has 1 heterocycles. The molecule has 0 aliphatic rings. The average Bonchev–Trinajstić information content (AvgIpc) is 2.83. The van der Waals surface area contributed by atoms with Crippen LogP contribution in [-0.4, -0.2) is 6.61 Å². The molecule has 2 N–H and O–H groups in total. The average molecular weight is 312 g/mol. The molecule has 2 rings (SSSR count). The van der Waals surface area contributed by atoms with Crippen molar-refractivity contribution in [3.63, 3.8) is 0 Å². The van der Waals surface area contributed by atoms with E-state index in [9.17, 15) is 0 Å². The van der Waals surface area contributed by atoms with Gasteiger partial charge in [0.05, 0.1) is 13.2 Å². The molecule has 1 aromatic carbocycles.